The number of amides is 3. The summed E-state index contributed by atoms with van der Waals surface area (Å²) < 4.78 is 0. The molecule has 0 bridgehead atoms. The molecule has 0 spiro atoms. The van der Waals surface area contributed by atoms with Crippen molar-refractivity contribution in [2.75, 3.05) is 31.5 Å². The van der Waals surface area contributed by atoms with Crippen LogP contribution >= 0.6 is 0 Å². The van der Waals surface area contributed by atoms with Crippen LogP contribution in [0.2, 0.25) is 0 Å². The van der Waals surface area contributed by atoms with E-state index in [4.69, 9.17) is 0 Å². The topological polar surface area (TPSA) is 69.7 Å². The smallest absolute Gasteiger partial charge is 0.253 e. The van der Waals surface area contributed by atoms with Crippen LogP contribution < -0.4 is 5.32 Å². The number of benzene rings is 1. The highest BCUT2D eigenvalue weighted by atomic mass is 16.2. The Morgan fingerprint density at radius 1 is 1.08 bits per heavy atom. The Bertz CT molecular complexity index is 714. The van der Waals surface area contributed by atoms with Crippen molar-refractivity contribution in [3.8, 4) is 0 Å². The zero-order valence-corrected chi connectivity index (χ0v) is 15.6. The number of anilines is 1. The van der Waals surface area contributed by atoms with Crippen LogP contribution in [0.15, 0.2) is 18.2 Å². The first-order chi connectivity index (χ1) is 12.4. The van der Waals surface area contributed by atoms with Gasteiger partial charge in [0, 0.05) is 50.3 Å². The summed E-state index contributed by atoms with van der Waals surface area (Å²) in [6.45, 7) is 6.63. The third kappa shape index (κ3) is 4.23. The summed E-state index contributed by atoms with van der Waals surface area (Å²) in [7, 11) is 0. The average Bonchev–Trinajstić information content (AvgIpc) is 2.86. The van der Waals surface area contributed by atoms with Gasteiger partial charge in [0.2, 0.25) is 11.8 Å². The molecule has 3 amide bonds. The Balaban J connectivity index is 1.65. The van der Waals surface area contributed by atoms with Gasteiger partial charge in [0.1, 0.15) is 0 Å². The zero-order valence-electron chi connectivity index (χ0n) is 15.6. The van der Waals surface area contributed by atoms with Crippen molar-refractivity contribution in [3.63, 3.8) is 0 Å². The summed E-state index contributed by atoms with van der Waals surface area (Å²) in [5, 5.41) is 2.84. The Hall–Kier alpha value is -2.37. The van der Waals surface area contributed by atoms with E-state index in [0.717, 1.165) is 17.7 Å². The van der Waals surface area contributed by atoms with Gasteiger partial charge in [0.15, 0.2) is 0 Å². The maximum atomic E-state index is 12.9. The fourth-order valence-corrected chi connectivity index (χ4v) is 3.55. The molecule has 3 rings (SSSR count). The molecule has 2 aliphatic rings. The van der Waals surface area contributed by atoms with Crippen molar-refractivity contribution in [1.82, 2.24) is 9.80 Å². The summed E-state index contributed by atoms with van der Waals surface area (Å²) in [6.07, 6.45) is 2.49. The van der Waals surface area contributed by atoms with E-state index in [0.29, 0.717) is 56.9 Å². The molecule has 0 aromatic heterocycles. The van der Waals surface area contributed by atoms with Crippen LogP contribution in [-0.2, 0) is 16.0 Å². The number of rotatable bonds is 3. The molecule has 6 heteroatoms. The van der Waals surface area contributed by atoms with Gasteiger partial charge in [-0.05, 0) is 42.5 Å². The highest BCUT2D eigenvalue weighted by molar-refractivity contribution is 5.98. The highest BCUT2D eigenvalue weighted by Crippen LogP contribution is 2.24. The second-order valence-electron chi connectivity index (χ2n) is 7.54. The maximum Gasteiger partial charge on any atom is 0.253 e. The van der Waals surface area contributed by atoms with Crippen LogP contribution in [0.25, 0.3) is 0 Å². The van der Waals surface area contributed by atoms with Gasteiger partial charge in [0.05, 0.1) is 0 Å². The van der Waals surface area contributed by atoms with E-state index in [1.807, 2.05) is 35.8 Å². The molecule has 0 atom stereocenters. The lowest BCUT2D eigenvalue weighted by Gasteiger charge is -2.23. The van der Waals surface area contributed by atoms with Crippen LogP contribution in [0.4, 0.5) is 5.69 Å². The van der Waals surface area contributed by atoms with Crippen molar-refractivity contribution in [3.05, 3.63) is 29.3 Å². The van der Waals surface area contributed by atoms with Gasteiger partial charge >= 0.3 is 0 Å². The lowest BCUT2D eigenvalue weighted by atomic mass is 10.00. The number of nitrogens with zero attached hydrogens (tertiary/aromatic N) is 2. The predicted molar refractivity (Wildman–Crippen MR) is 99.9 cm³/mol. The molecule has 1 aromatic carbocycles. The summed E-state index contributed by atoms with van der Waals surface area (Å²) >= 11 is 0. The molecule has 0 radical (unpaired) electrons. The third-order valence-corrected chi connectivity index (χ3v) is 4.97. The third-order valence-electron chi connectivity index (χ3n) is 4.97. The Kier molecular flexibility index (Phi) is 5.59. The van der Waals surface area contributed by atoms with Crippen LogP contribution in [0.3, 0.4) is 0 Å². The van der Waals surface area contributed by atoms with E-state index in [1.54, 1.807) is 6.07 Å². The van der Waals surface area contributed by atoms with Crippen LogP contribution in [0.5, 0.6) is 0 Å². The molecule has 1 aromatic rings. The van der Waals surface area contributed by atoms with E-state index >= 15 is 0 Å². The van der Waals surface area contributed by atoms with E-state index in [-0.39, 0.29) is 17.7 Å². The van der Waals surface area contributed by atoms with Crippen molar-refractivity contribution < 1.29 is 14.4 Å². The minimum atomic E-state index is 0.00265. The Morgan fingerprint density at radius 3 is 2.58 bits per heavy atom. The molecule has 0 unspecified atom stereocenters. The minimum absolute atomic E-state index is 0.00265. The number of hydrogen-bond donors (Lipinski definition) is 1. The van der Waals surface area contributed by atoms with Gasteiger partial charge in [-0.2, -0.15) is 0 Å². The summed E-state index contributed by atoms with van der Waals surface area (Å²) in [5.41, 5.74) is 2.47. The van der Waals surface area contributed by atoms with E-state index in [2.05, 4.69) is 5.32 Å². The van der Waals surface area contributed by atoms with Gasteiger partial charge in [-0.1, -0.05) is 13.8 Å². The lowest BCUT2D eigenvalue weighted by Crippen LogP contribution is -2.37. The van der Waals surface area contributed by atoms with Gasteiger partial charge in [0.25, 0.3) is 5.91 Å². The number of fused-ring (bicyclic) bond motifs is 1. The predicted octanol–water partition coefficient (Wildman–Crippen LogP) is 2.29. The first kappa shape index (κ1) is 18.4. The second-order valence-corrected chi connectivity index (χ2v) is 7.54. The molecule has 0 aliphatic carbocycles. The monoisotopic (exact) mass is 357 g/mol. The molecule has 26 heavy (non-hydrogen) atoms. The molecule has 1 fully saturated rings. The number of nitrogens with one attached hydrogen (secondary N) is 1. The number of aryl methyl sites for hydroxylation is 1. The maximum absolute atomic E-state index is 12.9. The molecule has 1 N–H and O–H groups in total. The number of hydrogen-bond acceptors (Lipinski definition) is 3. The minimum Gasteiger partial charge on any atom is -0.341 e. The lowest BCUT2D eigenvalue weighted by molar-refractivity contribution is -0.131. The van der Waals surface area contributed by atoms with Crippen molar-refractivity contribution in [1.29, 1.82) is 0 Å². The summed E-state index contributed by atoms with van der Waals surface area (Å²) in [6, 6.07) is 5.49. The SMILES string of the molecule is CC(C)CC(=O)N1CCCN(C(=O)c2ccc3c(c2)CCC(=O)N3)CC1. The van der Waals surface area contributed by atoms with E-state index < -0.39 is 0 Å². The van der Waals surface area contributed by atoms with Crippen LogP contribution in [0.1, 0.15) is 49.0 Å². The molecule has 6 nitrogen and oxygen atoms in total. The first-order valence-electron chi connectivity index (χ1n) is 9.44. The fraction of sp³-hybridized carbons (Fsp3) is 0.550. The Morgan fingerprint density at radius 2 is 1.81 bits per heavy atom. The van der Waals surface area contributed by atoms with Gasteiger partial charge in [-0.25, -0.2) is 0 Å². The van der Waals surface area contributed by atoms with Crippen LogP contribution in [-0.4, -0.2) is 53.7 Å². The molecule has 2 aliphatic heterocycles. The highest BCUT2D eigenvalue weighted by Gasteiger charge is 2.24. The van der Waals surface area contributed by atoms with E-state index in [9.17, 15) is 14.4 Å². The van der Waals surface area contributed by atoms with E-state index in [1.165, 1.54) is 0 Å². The molecular formula is C20H27N3O3. The van der Waals surface area contributed by atoms with Gasteiger partial charge < -0.3 is 15.1 Å². The molecule has 2 heterocycles. The second kappa shape index (κ2) is 7.89. The van der Waals surface area contributed by atoms with Crippen molar-refractivity contribution >= 4 is 23.4 Å². The molecule has 140 valence electrons. The molecular weight excluding hydrogens is 330 g/mol. The van der Waals surface area contributed by atoms with Crippen molar-refractivity contribution in [2.45, 2.75) is 39.5 Å². The standard InChI is InChI=1S/C20H27N3O3/c1-14(2)12-19(25)22-8-3-9-23(11-10-22)20(26)16-4-6-17-15(13-16)5-7-18(24)21-17/h4,6,13-14H,3,5,7-12H2,1-2H3,(H,21,24). The van der Waals surface area contributed by atoms with Gasteiger partial charge in [-0.3, -0.25) is 14.4 Å². The van der Waals surface area contributed by atoms with Crippen LogP contribution in [0, 0.1) is 5.92 Å². The van der Waals surface area contributed by atoms with Gasteiger partial charge in [-0.15, -0.1) is 0 Å². The van der Waals surface area contributed by atoms with Crippen molar-refractivity contribution in [2.24, 2.45) is 5.92 Å². The number of carbonyl (C=O) groups is 3. The molecule has 0 saturated carbocycles. The zero-order chi connectivity index (χ0) is 18.7. The number of carbonyl (C=O) groups excluding carboxylic acids is 3. The summed E-state index contributed by atoms with van der Waals surface area (Å²) in [5.74, 6) is 0.552. The average molecular weight is 357 g/mol. The normalized spacial score (nSPS) is 17.6. The largest absolute Gasteiger partial charge is 0.341 e. The first-order valence-corrected chi connectivity index (χ1v) is 9.44. The molecule has 1 saturated heterocycles. The quantitative estimate of drug-likeness (QED) is 0.902. The summed E-state index contributed by atoms with van der Waals surface area (Å²) in [4.78, 5) is 40.4. The Labute approximate surface area is 154 Å². The fourth-order valence-electron chi connectivity index (χ4n) is 3.55.